The van der Waals surface area contributed by atoms with E-state index in [1.807, 2.05) is 0 Å². The van der Waals surface area contributed by atoms with Crippen LogP contribution >= 0.6 is 0 Å². The van der Waals surface area contributed by atoms with E-state index in [0.29, 0.717) is 6.42 Å². The number of carbonyl (C=O) groups is 1. The number of carbonyl (C=O) groups excluding carboxylic acids is 1. The van der Waals surface area contributed by atoms with E-state index in [1.165, 1.54) is 36.5 Å². The average Bonchev–Trinajstić information content (AvgIpc) is 2.73. The Morgan fingerprint density at radius 3 is 2.76 bits per heavy atom. The van der Waals surface area contributed by atoms with Gasteiger partial charge in [-0.1, -0.05) is 12.1 Å². The Hall–Kier alpha value is -3.14. The molecule has 0 amide bonds. The number of aromatic nitrogens is 2. The third-order valence-corrected chi connectivity index (χ3v) is 5.08. The smallest absolute Gasteiger partial charge is 0.337 e. The number of para-hydroxylation sites is 1. The van der Waals surface area contributed by atoms with Crippen LogP contribution in [0, 0.1) is 21.8 Å². The van der Waals surface area contributed by atoms with Crippen LogP contribution in [0.1, 0.15) is 31.1 Å². The highest BCUT2D eigenvalue weighted by molar-refractivity contribution is 5.69. The summed E-state index contributed by atoms with van der Waals surface area (Å²) in [6, 6.07) is 5.90. The van der Waals surface area contributed by atoms with E-state index >= 15 is 0 Å². The third kappa shape index (κ3) is 4.65. The van der Waals surface area contributed by atoms with Gasteiger partial charge in [0, 0.05) is 7.05 Å². The second-order valence-electron chi connectivity index (χ2n) is 6.85. The van der Waals surface area contributed by atoms with Gasteiger partial charge in [-0.25, -0.2) is 14.4 Å². The largest absolute Gasteiger partial charge is 0.458 e. The molecule has 2 heterocycles. The molecule has 1 aliphatic heterocycles. The molecule has 0 spiro atoms. The fourth-order valence-electron chi connectivity index (χ4n) is 3.60. The molecule has 1 unspecified atom stereocenters. The lowest BCUT2D eigenvalue weighted by Crippen LogP contribution is -2.29. The topological polar surface area (TPSA) is 110 Å². The van der Waals surface area contributed by atoms with Crippen LogP contribution in [0.25, 0.3) is 0 Å². The van der Waals surface area contributed by atoms with Crippen molar-refractivity contribution in [1.29, 1.82) is 0 Å². The monoisotopic (exact) mass is 403 g/mol. The Bertz CT molecular complexity index is 875. The first-order chi connectivity index (χ1) is 14.0. The van der Waals surface area contributed by atoms with Crippen LogP contribution in [0.2, 0.25) is 0 Å². The molecule has 1 atom stereocenters. The van der Waals surface area contributed by atoms with Crippen LogP contribution < -0.4 is 10.2 Å². The maximum atomic E-state index is 14.2. The van der Waals surface area contributed by atoms with E-state index in [2.05, 4.69) is 15.3 Å². The van der Waals surface area contributed by atoms with Crippen molar-refractivity contribution >= 4 is 23.7 Å². The SMILES string of the molecule is CN(c1ccccc1F)c1ncnc(C(CC2CCNCC2)OC=O)c1[N+](=O)[O-]. The van der Waals surface area contributed by atoms with Gasteiger partial charge in [-0.2, -0.15) is 0 Å². The van der Waals surface area contributed by atoms with Gasteiger partial charge >= 0.3 is 5.69 Å². The van der Waals surface area contributed by atoms with Crippen molar-refractivity contribution < 1.29 is 18.8 Å². The van der Waals surface area contributed by atoms with E-state index in [0.717, 1.165) is 25.9 Å². The van der Waals surface area contributed by atoms with Crippen LogP contribution in [-0.4, -0.2) is 41.5 Å². The third-order valence-electron chi connectivity index (χ3n) is 5.08. The molecule has 1 saturated heterocycles. The fourth-order valence-corrected chi connectivity index (χ4v) is 3.60. The zero-order valence-electron chi connectivity index (χ0n) is 16.0. The molecular weight excluding hydrogens is 381 g/mol. The summed E-state index contributed by atoms with van der Waals surface area (Å²) >= 11 is 0. The summed E-state index contributed by atoms with van der Waals surface area (Å²) in [5.74, 6) is -0.377. The molecule has 1 aromatic carbocycles. The van der Waals surface area contributed by atoms with Gasteiger partial charge in [-0.3, -0.25) is 14.9 Å². The quantitative estimate of drug-likeness (QED) is 0.407. The minimum atomic E-state index is -0.883. The molecule has 0 saturated carbocycles. The number of benzene rings is 1. The lowest BCUT2D eigenvalue weighted by molar-refractivity contribution is -0.385. The highest BCUT2D eigenvalue weighted by Gasteiger charge is 2.33. The standard InChI is InChI=1S/C19H22FN5O4/c1-24(15-5-3-2-4-14(15)20)19-18(25(27)28)17(22-11-23-19)16(29-12-26)10-13-6-8-21-9-7-13/h2-5,11-13,16,21H,6-10H2,1H3. The number of anilines is 2. The van der Waals surface area contributed by atoms with E-state index in [1.54, 1.807) is 6.07 Å². The second kappa shape index (κ2) is 9.37. The van der Waals surface area contributed by atoms with Crippen molar-refractivity contribution in [3.8, 4) is 0 Å². The number of nitrogens with one attached hydrogen (secondary N) is 1. The Balaban J connectivity index is 2.01. The minimum absolute atomic E-state index is 0.00817. The number of rotatable bonds is 8. The lowest BCUT2D eigenvalue weighted by Gasteiger charge is -2.26. The molecule has 1 N–H and O–H groups in total. The summed E-state index contributed by atoms with van der Waals surface area (Å²) in [7, 11) is 1.49. The van der Waals surface area contributed by atoms with Crippen molar-refractivity contribution in [1.82, 2.24) is 15.3 Å². The first-order valence-electron chi connectivity index (χ1n) is 9.30. The van der Waals surface area contributed by atoms with Crippen LogP contribution in [0.3, 0.4) is 0 Å². The predicted molar refractivity (Wildman–Crippen MR) is 103 cm³/mol. The number of nitro groups is 1. The van der Waals surface area contributed by atoms with Gasteiger partial charge < -0.3 is 15.0 Å². The van der Waals surface area contributed by atoms with Crippen LogP contribution in [0.15, 0.2) is 30.6 Å². The van der Waals surface area contributed by atoms with Gasteiger partial charge in [0.05, 0.1) is 10.6 Å². The van der Waals surface area contributed by atoms with Gasteiger partial charge in [-0.15, -0.1) is 0 Å². The van der Waals surface area contributed by atoms with Gasteiger partial charge in [0.2, 0.25) is 5.82 Å². The summed E-state index contributed by atoms with van der Waals surface area (Å²) in [5.41, 5.74) is -0.265. The Morgan fingerprint density at radius 1 is 1.38 bits per heavy atom. The molecule has 3 rings (SSSR count). The molecule has 1 fully saturated rings. The molecule has 154 valence electrons. The van der Waals surface area contributed by atoms with E-state index < -0.39 is 22.5 Å². The number of ether oxygens (including phenoxy) is 1. The summed E-state index contributed by atoms with van der Waals surface area (Å²) < 4.78 is 19.4. The second-order valence-corrected chi connectivity index (χ2v) is 6.85. The maximum absolute atomic E-state index is 14.2. The van der Waals surface area contributed by atoms with Crippen molar-refractivity contribution in [3.63, 3.8) is 0 Å². The van der Waals surface area contributed by atoms with Crippen LogP contribution in [0.5, 0.6) is 0 Å². The first-order valence-corrected chi connectivity index (χ1v) is 9.30. The van der Waals surface area contributed by atoms with Gasteiger partial charge in [0.25, 0.3) is 6.47 Å². The van der Waals surface area contributed by atoms with Gasteiger partial charge in [0.1, 0.15) is 12.1 Å². The van der Waals surface area contributed by atoms with Crippen molar-refractivity contribution in [3.05, 3.63) is 52.2 Å². The normalized spacial score (nSPS) is 15.5. The Kier molecular flexibility index (Phi) is 6.65. The summed E-state index contributed by atoms with van der Waals surface area (Å²) in [6.45, 7) is 1.95. The zero-order valence-corrected chi connectivity index (χ0v) is 16.0. The van der Waals surface area contributed by atoms with Crippen molar-refractivity contribution in [2.75, 3.05) is 25.0 Å². The molecule has 1 aromatic heterocycles. The number of hydrogen-bond donors (Lipinski definition) is 1. The molecular formula is C19H22FN5O4. The molecule has 29 heavy (non-hydrogen) atoms. The molecule has 0 aliphatic carbocycles. The highest BCUT2D eigenvalue weighted by Crippen LogP contribution is 2.39. The van der Waals surface area contributed by atoms with Crippen molar-refractivity contribution in [2.45, 2.75) is 25.4 Å². The van der Waals surface area contributed by atoms with Gasteiger partial charge in [-0.05, 0) is 50.4 Å². The molecule has 2 aromatic rings. The summed E-state index contributed by atoms with van der Waals surface area (Å²) in [6.07, 6.45) is 2.45. The maximum Gasteiger partial charge on any atom is 0.337 e. The molecule has 9 nitrogen and oxygen atoms in total. The number of nitrogens with zero attached hydrogens (tertiary/aromatic N) is 4. The highest BCUT2D eigenvalue weighted by atomic mass is 19.1. The zero-order chi connectivity index (χ0) is 20.8. The van der Waals surface area contributed by atoms with E-state index in [9.17, 15) is 19.3 Å². The molecule has 10 heteroatoms. The molecule has 0 bridgehead atoms. The van der Waals surface area contributed by atoms with Crippen LogP contribution in [0.4, 0.5) is 21.6 Å². The minimum Gasteiger partial charge on any atom is -0.458 e. The molecule has 1 aliphatic rings. The molecule has 0 radical (unpaired) electrons. The number of piperidine rings is 1. The summed E-state index contributed by atoms with van der Waals surface area (Å²) in [4.78, 5) is 31.8. The summed E-state index contributed by atoms with van der Waals surface area (Å²) in [5, 5.41) is 15.2. The van der Waals surface area contributed by atoms with Crippen LogP contribution in [-0.2, 0) is 9.53 Å². The van der Waals surface area contributed by atoms with E-state index in [-0.39, 0.29) is 29.6 Å². The Labute approximate surface area is 167 Å². The Morgan fingerprint density at radius 2 is 2.10 bits per heavy atom. The predicted octanol–water partition coefficient (Wildman–Crippen LogP) is 2.90. The average molecular weight is 403 g/mol. The fraction of sp³-hybridized carbons (Fsp3) is 0.421. The van der Waals surface area contributed by atoms with Crippen molar-refractivity contribution in [2.24, 2.45) is 5.92 Å². The first kappa shape index (κ1) is 20.6. The number of hydrogen-bond acceptors (Lipinski definition) is 8. The van der Waals surface area contributed by atoms with Gasteiger partial charge in [0.15, 0.2) is 11.8 Å². The number of halogens is 1. The van der Waals surface area contributed by atoms with E-state index in [4.69, 9.17) is 4.74 Å². The lowest BCUT2D eigenvalue weighted by atomic mass is 9.90.